The lowest BCUT2D eigenvalue weighted by Gasteiger charge is -2.26. The molecule has 0 aromatic carbocycles. The number of ether oxygens (including phenoxy) is 2. The molecule has 2 heterocycles. The van der Waals surface area contributed by atoms with Crippen molar-refractivity contribution in [2.45, 2.75) is 50.9 Å². The zero-order valence-electron chi connectivity index (χ0n) is 11.4. The molecule has 0 aromatic heterocycles. The Kier molecular flexibility index (Phi) is 1.91. The first-order valence-electron chi connectivity index (χ1n) is 7.04. The van der Waals surface area contributed by atoms with Crippen molar-refractivity contribution in [2.75, 3.05) is 0 Å². The van der Waals surface area contributed by atoms with Gasteiger partial charge in [0.1, 0.15) is 11.7 Å². The Morgan fingerprint density at radius 1 is 1.37 bits per heavy atom. The van der Waals surface area contributed by atoms with Crippen LogP contribution in [-0.4, -0.2) is 29.1 Å². The number of rotatable bonds is 0. The molecule has 2 aliphatic carbocycles. The van der Waals surface area contributed by atoms with Crippen molar-refractivity contribution in [3.8, 4) is 0 Å². The zero-order valence-corrected chi connectivity index (χ0v) is 11.4. The molecule has 0 radical (unpaired) electrons. The van der Waals surface area contributed by atoms with Crippen LogP contribution in [0.1, 0.15) is 33.6 Å². The van der Waals surface area contributed by atoms with E-state index in [1.165, 1.54) is 0 Å². The first kappa shape index (κ1) is 11.6. The van der Waals surface area contributed by atoms with Gasteiger partial charge in [0.2, 0.25) is 0 Å². The number of hydrogen-bond acceptors (Lipinski definition) is 4. The molecule has 4 heteroatoms. The molecular formula is C15H18O4. The topological polar surface area (TPSA) is 55.9 Å². The van der Waals surface area contributed by atoms with E-state index in [4.69, 9.17) is 9.47 Å². The fourth-order valence-electron chi connectivity index (χ4n) is 4.60. The van der Waals surface area contributed by atoms with Crippen molar-refractivity contribution in [3.63, 3.8) is 0 Å². The minimum Gasteiger partial charge on any atom is -0.461 e. The minimum atomic E-state index is -0.735. The number of hydrogen-bond donors (Lipinski definition) is 0. The molecule has 0 N–H and O–H groups in total. The molecule has 6 atom stereocenters. The van der Waals surface area contributed by atoms with E-state index >= 15 is 0 Å². The molecule has 4 nitrogen and oxygen atoms in total. The molecule has 3 fully saturated rings. The molecule has 19 heavy (non-hydrogen) atoms. The van der Waals surface area contributed by atoms with Gasteiger partial charge >= 0.3 is 5.97 Å². The third-order valence-corrected chi connectivity index (χ3v) is 5.76. The third kappa shape index (κ3) is 1.11. The molecule has 0 amide bonds. The van der Waals surface area contributed by atoms with E-state index in [1.807, 2.05) is 20.8 Å². The number of fused-ring (bicyclic) bond motifs is 2. The van der Waals surface area contributed by atoms with Crippen LogP contribution in [0.15, 0.2) is 11.6 Å². The van der Waals surface area contributed by atoms with Crippen LogP contribution in [0.5, 0.6) is 0 Å². The predicted octanol–water partition coefficient (Wildman–Crippen LogP) is 1.63. The zero-order chi connectivity index (χ0) is 13.6. The Hall–Kier alpha value is -1.16. The Morgan fingerprint density at radius 2 is 2.11 bits per heavy atom. The quantitative estimate of drug-likeness (QED) is 0.492. The lowest BCUT2D eigenvalue weighted by Crippen LogP contribution is -2.41. The molecule has 0 aromatic rings. The second-order valence-corrected chi connectivity index (χ2v) is 6.69. The van der Waals surface area contributed by atoms with Crippen LogP contribution in [-0.2, 0) is 19.1 Å². The molecule has 1 spiro atoms. The summed E-state index contributed by atoms with van der Waals surface area (Å²) in [6, 6.07) is 0. The average molecular weight is 262 g/mol. The van der Waals surface area contributed by atoms with Crippen molar-refractivity contribution in [3.05, 3.63) is 11.6 Å². The molecule has 0 bridgehead atoms. The van der Waals surface area contributed by atoms with Crippen LogP contribution in [0, 0.1) is 17.8 Å². The van der Waals surface area contributed by atoms with Gasteiger partial charge in [0.05, 0.1) is 11.8 Å². The van der Waals surface area contributed by atoms with Gasteiger partial charge in [-0.05, 0) is 32.8 Å². The van der Waals surface area contributed by atoms with E-state index in [9.17, 15) is 9.59 Å². The fourth-order valence-corrected chi connectivity index (χ4v) is 4.60. The van der Waals surface area contributed by atoms with E-state index in [0.29, 0.717) is 0 Å². The summed E-state index contributed by atoms with van der Waals surface area (Å²) in [5.41, 5.74) is -0.0899. The maximum Gasteiger partial charge on any atom is 0.309 e. The van der Waals surface area contributed by atoms with E-state index in [0.717, 1.165) is 18.4 Å². The summed E-state index contributed by atoms with van der Waals surface area (Å²) >= 11 is 0. The van der Waals surface area contributed by atoms with Gasteiger partial charge in [0.25, 0.3) is 0 Å². The first-order chi connectivity index (χ1) is 8.91. The lowest BCUT2D eigenvalue weighted by molar-refractivity contribution is -0.146. The molecular weight excluding hydrogens is 244 g/mol. The van der Waals surface area contributed by atoms with Gasteiger partial charge < -0.3 is 9.47 Å². The number of carbonyl (C=O) groups excluding carboxylic acids is 2. The van der Waals surface area contributed by atoms with Crippen molar-refractivity contribution in [2.24, 2.45) is 17.8 Å². The van der Waals surface area contributed by atoms with Gasteiger partial charge in [-0.1, -0.05) is 12.5 Å². The molecule has 4 rings (SSSR count). The number of esters is 1. The average Bonchev–Trinajstić information content (AvgIpc) is 2.77. The number of carbonyl (C=O) groups is 2. The summed E-state index contributed by atoms with van der Waals surface area (Å²) in [6.45, 7) is 5.92. The van der Waals surface area contributed by atoms with Gasteiger partial charge in [0, 0.05) is 5.92 Å². The molecule has 2 saturated heterocycles. The Bertz CT molecular complexity index is 536. The highest BCUT2D eigenvalue weighted by molar-refractivity contribution is 6.04. The number of ketones is 1. The van der Waals surface area contributed by atoms with E-state index in [-0.39, 0.29) is 41.2 Å². The normalized spacial score (nSPS) is 54.8. The number of epoxide rings is 1. The lowest BCUT2D eigenvalue weighted by atomic mass is 9.77. The van der Waals surface area contributed by atoms with Crippen LogP contribution >= 0.6 is 0 Å². The van der Waals surface area contributed by atoms with Crippen LogP contribution in [0.25, 0.3) is 0 Å². The largest absolute Gasteiger partial charge is 0.461 e. The smallest absolute Gasteiger partial charge is 0.309 e. The summed E-state index contributed by atoms with van der Waals surface area (Å²) in [5.74, 6) is 0.0187. The van der Waals surface area contributed by atoms with Gasteiger partial charge in [-0.3, -0.25) is 9.59 Å². The second kappa shape index (κ2) is 3.11. The first-order valence-corrected chi connectivity index (χ1v) is 7.04. The van der Waals surface area contributed by atoms with Crippen molar-refractivity contribution >= 4 is 11.8 Å². The van der Waals surface area contributed by atoms with Crippen LogP contribution in [0.4, 0.5) is 0 Å². The Labute approximate surface area is 112 Å². The third-order valence-electron chi connectivity index (χ3n) is 5.76. The van der Waals surface area contributed by atoms with Gasteiger partial charge in [-0.25, -0.2) is 0 Å². The van der Waals surface area contributed by atoms with Crippen LogP contribution < -0.4 is 0 Å². The molecule has 2 aliphatic heterocycles. The monoisotopic (exact) mass is 262 g/mol. The van der Waals surface area contributed by atoms with E-state index in [2.05, 4.69) is 0 Å². The van der Waals surface area contributed by atoms with Gasteiger partial charge in [0.15, 0.2) is 11.4 Å². The van der Waals surface area contributed by atoms with Gasteiger partial charge in [-0.15, -0.1) is 0 Å². The highest BCUT2D eigenvalue weighted by atomic mass is 16.6. The highest BCUT2D eigenvalue weighted by Gasteiger charge is 2.79. The molecule has 1 saturated carbocycles. The molecule has 0 unspecified atom stereocenters. The highest BCUT2D eigenvalue weighted by Crippen LogP contribution is 2.65. The maximum atomic E-state index is 12.4. The standard InChI is InChI=1S/C15H18O4/c1-7-6-10(16)15-11(7)12-9(8(2)13(17)18-12)4-5-14(15,3)19-15/h6,8-9,11-12H,4-5H2,1-3H3/t8-,9+,11-,12+,14+,15+/m0/s1. The van der Waals surface area contributed by atoms with Crippen molar-refractivity contribution < 1.29 is 19.1 Å². The van der Waals surface area contributed by atoms with Crippen molar-refractivity contribution in [1.29, 1.82) is 0 Å². The minimum absolute atomic E-state index is 0.0633. The van der Waals surface area contributed by atoms with E-state index < -0.39 is 5.60 Å². The SMILES string of the molecule is CC1=CC(=O)[C@]23O[C@]2(C)CC[C@H]2[C@@H](OC(=O)[C@H]2C)[C@H]13. The van der Waals surface area contributed by atoms with Crippen LogP contribution in [0.2, 0.25) is 0 Å². The van der Waals surface area contributed by atoms with Gasteiger partial charge in [-0.2, -0.15) is 0 Å². The maximum absolute atomic E-state index is 12.4. The Morgan fingerprint density at radius 3 is 2.84 bits per heavy atom. The summed E-state index contributed by atoms with van der Waals surface area (Å²) < 4.78 is 11.5. The summed E-state index contributed by atoms with van der Waals surface area (Å²) in [6.07, 6.45) is 3.23. The predicted molar refractivity (Wildman–Crippen MR) is 66.2 cm³/mol. The fraction of sp³-hybridized carbons (Fsp3) is 0.733. The van der Waals surface area contributed by atoms with Crippen molar-refractivity contribution in [1.82, 2.24) is 0 Å². The Balaban J connectivity index is 1.83. The molecule has 4 aliphatic rings. The van der Waals surface area contributed by atoms with E-state index in [1.54, 1.807) is 6.08 Å². The second-order valence-electron chi connectivity index (χ2n) is 6.69. The summed E-state index contributed by atoms with van der Waals surface area (Å²) in [7, 11) is 0. The summed E-state index contributed by atoms with van der Waals surface area (Å²) in [4.78, 5) is 24.2. The molecule has 102 valence electrons. The summed E-state index contributed by atoms with van der Waals surface area (Å²) in [5, 5.41) is 0. The van der Waals surface area contributed by atoms with Crippen LogP contribution in [0.3, 0.4) is 0 Å².